The van der Waals surface area contributed by atoms with Crippen LogP contribution in [0.3, 0.4) is 0 Å². The normalized spacial score (nSPS) is 19.2. The van der Waals surface area contributed by atoms with Crippen molar-refractivity contribution in [2.75, 3.05) is 10.6 Å². The summed E-state index contributed by atoms with van der Waals surface area (Å²) in [6, 6.07) is 5.98. The molecule has 9 heteroatoms. The summed E-state index contributed by atoms with van der Waals surface area (Å²) in [5.41, 5.74) is 9.90. The van der Waals surface area contributed by atoms with Gasteiger partial charge in [0.15, 0.2) is 11.5 Å². The number of aromatic nitrogens is 3. The largest absolute Gasteiger partial charge is 0.393 e. The second kappa shape index (κ2) is 8.30. The second-order valence-electron chi connectivity index (χ2n) is 7.24. The Morgan fingerprint density at radius 2 is 2.03 bits per heavy atom. The molecule has 0 bridgehead atoms. The fraction of sp³-hybridized carbons (Fsp3) is 0.400. The number of benzene rings is 1. The van der Waals surface area contributed by atoms with E-state index in [1.165, 1.54) is 0 Å². The molecule has 2 aromatic heterocycles. The Hall–Kier alpha value is -2.78. The van der Waals surface area contributed by atoms with E-state index in [9.17, 15) is 9.90 Å². The van der Waals surface area contributed by atoms with Crippen molar-refractivity contribution >= 4 is 44.8 Å². The molecule has 3 aromatic rings. The summed E-state index contributed by atoms with van der Waals surface area (Å²) in [6.07, 6.45) is 3.68. The molecule has 5 N–H and O–H groups in total. The average molecular weight is 413 g/mol. The highest BCUT2D eigenvalue weighted by atomic mass is 32.1. The number of aliphatic hydroxyl groups is 1. The van der Waals surface area contributed by atoms with Crippen molar-refractivity contribution in [3.05, 3.63) is 35.1 Å². The number of nitrogens with one attached hydrogen (secondary N) is 2. The number of primary amides is 1. The van der Waals surface area contributed by atoms with Crippen molar-refractivity contribution < 1.29 is 9.90 Å². The highest BCUT2D eigenvalue weighted by Crippen LogP contribution is 2.28. The number of hydrogen-bond donors (Lipinski definition) is 4. The van der Waals surface area contributed by atoms with Crippen molar-refractivity contribution in [3.63, 3.8) is 0 Å². The van der Waals surface area contributed by atoms with Gasteiger partial charge in [-0.25, -0.2) is 15.0 Å². The highest BCUT2D eigenvalue weighted by molar-refractivity contribution is 7.16. The van der Waals surface area contributed by atoms with Crippen LogP contribution in [0.5, 0.6) is 0 Å². The van der Waals surface area contributed by atoms with Gasteiger partial charge in [-0.3, -0.25) is 4.79 Å². The summed E-state index contributed by atoms with van der Waals surface area (Å²) >= 11 is 1.54. The molecule has 0 aliphatic heterocycles. The molecule has 2 heterocycles. The molecule has 1 saturated carbocycles. The Balaban J connectivity index is 1.65. The van der Waals surface area contributed by atoms with E-state index in [1.54, 1.807) is 16.8 Å². The number of aryl methyl sites for hydroxylation is 1. The number of aliphatic hydroxyl groups excluding tert-OH is 1. The molecule has 1 fully saturated rings. The lowest BCUT2D eigenvalue weighted by Crippen LogP contribution is -2.29. The Morgan fingerprint density at radius 3 is 2.76 bits per heavy atom. The van der Waals surface area contributed by atoms with Crippen LogP contribution in [0.15, 0.2) is 23.7 Å². The van der Waals surface area contributed by atoms with Crippen molar-refractivity contribution in [1.29, 1.82) is 0 Å². The minimum Gasteiger partial charge on any atom is -0.393 e. The zero-order valence-corrected chi connectivity index (χ0v) is 17.0. The third-order valence-electron chi connectivity index (χ3n) is 5.17. The van der Waals surface area contributed by atoms with Crippen molar-refractivity contribution in [1.82, 2.24) is 15.0 Å². The van der Waals surface area contributed by atoms with Gasteiger partial charge < -0.3 is 21.5 Å². The Labute approximate surface area is 172 Å². The van der Waals surface area contributed by atoms with Gasteiger partial charge >= 0.3 is 0 Å². The van der Waals surface area contributed by atoms with Gasteiger partial charge in [-0.2, -0.15) is 0 Å². The van der Waals surface area contributed by atoms with E-state index in [2.05, 4.69) is 25.6 Å². The lowest BCUT2D eigenvalue weighted by atomic mass is 9.93. The van der Waals surface area contributed by atoms with Crippen molar-refractivity contribution in [3.8, 4) is 0 Å². The number of hydrogen-bond acceptors (Lipinski definition) is 8. The zero-order valence-electron chi connectivity index (χ0n) is 16.2. The molecular formula is C20H24N6O2S. The lowest BCUT2D eigenvalue weighted by molar-refractivity contribution is 0.0996. The first-order chi connectivity index (χ1) is 14.0. The van der Waals surface area contributed by atoms with Gasteiger partial charge in [0, 0.05) is 11.7 Å². The summed E-state index contributed by atoms with van der Waals surface area (Å²) < 4.78 is 1.04. The van der Waals surface area contributed by atoms with Crippen LogP contribution < -0.4 is 16.4 Å². The van der Waals surface area contributed by atoms with E-state index in [0.29, 0.717) is 23.8 Å². The number of thiazole rings is 1. The number of carbonyl (C=O) groups is 1. The number of nitrogens with zero attached hydrogens (tertiary/aromatic N) is 3. The molecule has 29 heavy (non-hydrogen) atoms. The second-order valence-corrected chi connectivity index (χ2v) is 8.13. The fourth-order valence-electron chi connectivity index (χ4n) is 3.57. The van der Waals surface area contributed by atoms with Gasteiger partial charge in [-0.1, -0.05) is 6.92 Å². The predicted molar refractivity (Wildman–Crippen MR) is 115 cm³/mol. The number of carbonyl (C=O) groups excluding carboxylic acids is 1. The van der Waals surface area contributed by atoms with Gasteiger partial charge in [-0.15, -0.1) is 11.3 Å². The van der Waals surface area contributed by atoms with Crippen LogP contribution in [0.4, 0.5) is 17.3 Å². The first-order valence-corrected chi connectivity index (χ1v) is 10.7. The van der Waals surface area contributed by atoms with Crippen LogP contribution in [-0.4, -0.2) is 38.1 Å². The lowest BCUT2D eigenvalue weighted by Gasteiger charge is -2.27. The van der Waals surface area contributed by atoms with E-state index in [4.69, 9.17) is 5.73 Å². The van der Waals surface area contributed by atoms with E-state index < -0.39 is 5.91 Å². The number of amides is 1. The van der Waals surface area contributed by atoms with Crippen molar-refractivity contribution in [2.24, 2.45) is 5.73 Å². The van der Waals surface area contributed by atoms with Crippen LogP contribution in [0, 0.1) is 0 Å². The first kappa shape index (κ1) is 19.5. The minimum atomic E-state index is -0.624. The third kappa shape index (κ3) is 4.30. The first-order valence-electron chi connectivity index (χ1n) is 9.79. The van der Waals surface area contributed by atoms with Gasteiger partial charge in [0.1, 0.15) is 5.82 Å². The average Bonchev–Trinajstić information content (AvgIpc) is 3.17. The standard InChI is InChI=1S/C20H24N6O2S/c1-2-14-19(23-11-3-6-13(27)7-4-11)26-20(17(25-14)18(21)28)24-12-5-8-15-16(9-12)29-10-22-15/h5,8-11,13,27H,2-4,6-7H2,1H3,(H2,21,28)(H2,23,24,26)/t11-,13-. The Bertz CT molecular complexity index is 1030. The topological polar surface area (TPSA) is 126 Å². The minimum absolute atomic E-state index is 0.121. The molecular weight excluding hydrogens is 388 g/mol. The molecule has 1 aliphatic carbocycles. The van der Waals surface area contributed by atoms with Crippen LogP contribution in [0.25, 0.3) is 10.2 Å². The van der Waals surface area contributed by atoms with E-state index in [0.717, 1.165) is 41.6 Å². The molecule has 152 valence electrons. The summed E-state index contributed by atoms with van der Waals surface area (Å²) in [6.45, 7) is 1.97. The Kier molecular flexibility index (Phi) is 5.59. The van der Waals surface area contributed by atoms with Crippen molar-refractivity contribution in [2.45, 2.75) is 51.2 Å². The van der Waals surface area contributed by atoms with E-state index >= 15 is 0 Å². The summed E-state index contributed by atoms with van der Waals surface area (Å²) in [5.74, 6) is 0.359. The van der Waals surface area contributed by atoms with E-state index in [-0.39, 0.29) is 17.8 Å². The highest BCUT2D eigenvalue weighted by Gasteiger charge is 2.23. The molecule has 0 spiro atoms. The number of nitrogens with two attached hydrogens (primary N) is 1. The summed E-state index contributed by atoms with van der Waals surface area (Å²) in [4.78, 5) is 25.5. The number of rotatable bonds is 6. The fourth-order valence-corrected chi connectivity index (χ4v) is 4.29. The molecule has 1 aromatic carbocycles. The summed E-state index contributed by atoms with van der Waals surface area (Å²) in [7, 11) is 0. The third-order valence-corrected chi connectivity index (χ3v) is 5.96. The van der Waals surface area contributed by atoms with Gasteiger partial charge in [-0.05, 0) is 50.3 Å². The number of fused-ring (bicyclic) bond motifs is 1. The maximum atomic E-state index is 12.0. The molecule has 1 aliphatic rings. The number of anilines is 3. The molecule has 0 atom stereocenters. The van der Waals surface area contributed by atoms with Crippen LogP contribution in [-0.2, 0) is 6.42 Å². The quantitative estimate of drug-likeness (QED) is 0.490. The maximum Gasteiger partial charge on any atom is 0.271 e. The van der Waals surface area contributed by atoms with Gasteiger partial charge in [0.2, 0.25) is 0 Å². The van der Waals surface area contributed by atoms with E-state index in [1.807, 2.05) is 25.1 Å². The zero-order chi connectivity index (χ0) is 20.4. The van der Waals surface area contributed by atoms with Crippen LogP contribution >= 0.6 is 11.3 Å². The molecule has 1 amide bonds. The predicted octanol–water partition coefficient (Wildman–Crippen LogP) is 3.21. The van der Waals surface area contributed by atoms with Crippen LogP contribution in [0.1, 0.15) is 48.8 Å². The van der Waals surface area contributed by atoms with Gasteiger partial charge in [0.05, 0.1) is 27.5 Å². The summed E-state index contributed by atoms with van der Waals surface area (Å²) in [5, 5.41) is 16.4. The maximum absolute atomic E-state index is 12.0. The monoisotopic (exact) mass is 412 g/mol. The molecule has 8 nitrogen and oxygen atoms in total. The smallest absolute Gasteiger partial charge is 0.271 e. The SMILES string of the molecule is CCc1nc(C(N)=O)c(Nc2ccc3ncsc3c2)nc1N[C@H]1CC[C@H](O)CC1. The molecule has 0 unspecified atom stereocenters. The van der Waals surface area contributed by atoms with Gasteiger partial charge in [0.25, 0.3) is 5.91 Å². The molecule has 0 radical (unpaired) electrons. The Morgan fingerprint density at radius 1 is 1.24 bits per heavy atom. The molecule has 0 saturated heterocycles. The van der Waals surface area contributed by atoms with Crippen LogP contribution in [0.2, 0.25) is 0 Å². The molecule has 4 rings (SSSR count).